The molecule has 1 aromatic carbocycles. The molecule has 0 aliphatic rings. The van der Waals surface area contributed by atoms with Crippen LogP contribution in [-0.4, -0.2) is 32.1 Å². The second kappa shape index (κ2) is 7.17. The van der Waals surface area contributed by atoms with Gasteiger partial charge in [0.2, 0.25) is 0 Å². The van der Waals surface area contributed by atoms with Crippen molar-refractivity contribution in [2.45, 2.75) is 26.2 Å². The van der Waals surface area contributed by atoms with Gasteiger partial charge < -0.3 is 15.4 Å². The standard InChI is InChI=1S/C14H24N2O/c1-4-5-9-16(2)10-8-12-6-7-14(17-3)13(15)11-12/h6-7,11H,4-5,8-10,15H2,1-3H3. The molecule has 0 aliphatic heterocycles. The average molecular weight is 236 g/mol. The van der Waals surface area contributed by atoms with Crippen LogP contribution in [0.25, 0.3) is 0 Å². The van der Waals surface area contributed by atoms with Crippen molar-refractivity contribution in [1.29, 1.82) is 0 Å². The molecule has 0 unspecified atom stereocenters. The Labute approximate surface area is 105 Å². The summed E-state index contributed by atoms with van der Waals surface area (Å²) < 4.78 is 5.14. The minimum Gasteiger partial charge on any atom is -0.495 e. The van der Waals surface area contributed by atoms with E-state index in [2.05, 4.69) is 24.9 Å². The predicted molar refractivity (Wildman–Crippen MR) is 73.5 cm³/mol. The Morgan fingerprint density at radius 1 is 1.29 bits per heavy atom. The zero-order valence-corrected chi connectivity index (χ0v) is 11.2. The SMILES string of the molecule is CCCCN(C)CCc1ccc(OC)c(N)c1. The molecule has 3 nitrogen and oxygen atoms in total. The molecule has 0 aromatic heterocycles. The second-order valence-corrected chi connectivity index (χ2v) is 4.48. The van der Waals surface area contributed by atoms with Gasteiger partial charge in [0.1, 0.15) is 5.75 Å². The van der Waals surface area contributed by atoms with E-state index in [0.717, 1.165) is 24.4 Å². The Hall–Kier alpha value is -1.22. The zero-order chi connectivity index (χ0) is 12.7. The summed E-state index contributed by atoms with van der Waals surface area (Å²) in [5.41, 5.74) is 7.87. The number of nitrogen functional groups attached to an aromatic ring is 1. The molecule has 0 saturated heterocycles. The third-order valence-electron chi connectivity index (χ3n) is 2.97. The lowest BCUT2D eigenvalue weighted by atomic mass is 10.1. The maximum atomic E-state index is 5.88. The molecule has 3 heteroatoms. The van der Waals surface area contributed by atoms with Crippen LogP contribution in [0.2, 0.25) is 0 Å². The quantitative estimate of drug-likeness (QED) is 0.739. The Kier molecular flexibility index (Phi) is 5.84. The highest BCUT2D eigenvalue weighted by Crippen LogP contribution is 2.22. The van der Waals surface area contributed by atoms with Gasteiger partial charge >= 0.3 is 0 Å². The molecule has 17 heavy (non-hydrogen) atoms. The molecular formula is C14H24N2O. The molecule has 0 amide bonds. The third kappa shape index (κ3) is 4.65. The van der Waals surface area contributed by atoms with Crippen molar-refractivity contribution in [2.24, 2.45) is 0 Å². The summed E-state index contributed by atoms with van der Waals surface area (Å²) >= 11 is 0. The van der Waals surface area contributed by atoms with Crippen LogP contribution in [0.1, 0.15) is 25.3 Å². The fourth-order valence-electron chi connectivity index (χ4n) is 1.80. The first-order valence-electron chi connectivity index (χ1n) is 6.28. The number of hydrogen-bond acceptors (Lipinski definition) is 3. The lowest BCUT2D eigenvalue weighted by Crippen LogP contribution is -2.22. The largest absolute Gasteiger partial charge is 0.495 e. The van der Waals surface area contributed by atoms with E-state index in [-0.39, 0.29) is 0 Å². The van der Waals surface area contributed by atoms with Crippen molar-refractivity contribution < 1.29 is 4.74 Å². The lowest BCUT2D eigenvalue weighted by molar-refractivity contribution is 0.332. The number of methoxy groups -OCH3 is 1. The first-order valence-corrected chi connectivity index (χ1v) is 6.28. The zero-order valence-electron chi connectivity index (χ0n) is 11.2. The Balaban J connectivity index is 2.44. The molecule has 0 aliphatic carbocycles. The summed E-state index contributed by atoms with van der Waals surface area (Å²) in [7, 11) is 3.81. The highest BCUT2D eigenvalue weighted by Gasteiger charge is 2.02. The molecule has 2 N–H and O–H groups in total. The Morgan fingerprint density at radius 2 is 2.06 bits per heavy atom. The first-order chi connectivity index (χ1) is 8.17. The summed E-state index contributed by atoms with van der Waals surface area (Å²) in [6.07, 6.45) is 3.55. The molecule has 1 rings (SSSR count). The highest BCUT2D eigenvalue weighted by atomic mass is 16.5. The van der Waals surface area contributed by atoms with E-state index in [1.165, 1.54) is 24.9 Å². The topological polar surface area (TPSA) is 38.5 Å². The van der Waals surface area contributed by atoms with Crippen molar-refractivity contribution in [3.8, 4) is 5.75 Å². The number of anilines is 1. The van der Waals surface area contributed by atoms with Gasteiger partial charge in [-0.05, 0) is 44.1 Å². The van der Waals surface area contributed by atoms with Crippen LogP contribution in [0, 0.1) is 0 Å². The van der Waals surface area contributed by atoms with Gasteiger partial charge in [-0.2, -0.15) is 0 Å². The Morgan fingerprint density at radius 3 is 2.65 bits per heavy atom. The van der Waals surface area contributed by atoms with Gasteiger partial charge in [0.15, 0.2) is 0 Å². The van der Waals surface area contributed by atoms with E-state index in [1.807, 2.05) is 12.1 Å². The van der Waals surface area contributed by atoms with E-state index >= 15 is 0 Å². The van der Waals surface area contributed by atoms with E-state index in [1.54, 1.807) is 7.11 Å². The number of rotatable bonds is 7. The van der Waals surface area contributed by atoms with Crippen LogP contribution in [0.4, 0.5) is 5.69 Å². The van der Waals surface area contributed by atoms with Crippen LogP contribution in [0.3, 0.4) is 0 Å². The number of nitrogens with zero attached hydrogens (tertiary/aromatic N) is 1. The Bertz CT molecular complexity index is 339. The monoisotopic (exact) mass is 236 g/mol. The molecule has 0 saturated carbocycles. The number of hydrogen-bond donors (Lipinski definition) is 1. The number of unbranched alkanes of at least 4 members (excludes halogenated alkanes) is 1. The van der Waals surface area contributed by atoms with Gasteiger partial charge in [0, 0.05) is 6.54 Å². The predicted octanol–water partition coefficient (Wildman–Crippen LogP) is 2.55. The second-order valence-electron chi connectivity index (χ2n) is 4.48. The normalized spacial score (nSPS) is 10.8. The molecule has 0 spiro atoms. The third-order valence-corrected chi connectivity index (χ3v) is 2.97. The van der Waals surface area contributed by atoms with Gasteiger partial charge in [-0.15, -0.1) is 0 Å². The molecule has 96 valence electrons. The number of benzene rings is 1. The van der Waals surface area contributed by atoms with Gasteiger partial charge in [-0.3, -0.25) is 0 Å². The maximum Gasteiger partial charge on any atom is 0.141 e. The van der Waals surface area contributed by atoms with E-state index in [0.29, 0.717) is 0 Å². The van der Waals surface area contributed by atoms with Crippen molar-refractivity contribution in [3.05, 3.63) is 23.8 Å². The summed E-state index contributed by atoms with van der Waals surface area (Å²) in [4.78, 5) is 2.37. The van der Waals surface area contributed by atoms with E-state index in [4.69, 9.17) is 10.5 Å². The number of ether oxygens (including phenoxy) is 1. The molecule has 0 fully saturated rings. The summed E-state index contributed by atoms with van der Waals surface area (Å²) in [6.45, 7) is 4.46. The molecule has 0 bridgehead atoms. The smallest absolute Gasteiger partial charge is 0.141 e. The van der Waals surface area contributed by atoms with Crippen LogP contribution in [-0.2, 0) is 6.42 Å². The van der Waals surface area contributed by atoms with Crippen molar-refractivity contribution in [3.63, 3.8) is 0 Å². The minimum absolute atomic E-state index is 0.723. The van der Waals surface area contributed by atoms with Crippen LogP contribution < -0.4 is 10.5 Å². The van der Waals surface area contributed by atoms with E-state index < -0.39 is 0 Å². The fraction of sp³-hybridized carbons (Fsp3) is 0.571. The molecule has 0 atom stereocenters. The molecular weight excluding hydrogens is 212 g/mol. The maximum absolute atomic E-state index is 5.88. The lowest BCUT2D eigenvalue weighted by Gasteiger charge is -2.16. The first kappa shape index (κ1) is 13.8. The molecule has 0 radical (unpaired) electrons. The highest BCUT2D eigenvalue weighted by molar-refractivity contribution is 5.54. The van der Waals surface area contributed by atoms with Gasteiger partial charge in [0.25, 0.3) is 0 Å². The minimum atomic E-state index is 0.723. The fourth-order valence-corrected chi connectivity index (χ4v) is 1.80. The summed E-state index contributed by atoms with van der Waals surface area (Å²) in [6, 6.07) is 6.03. The van der Waals surface area contributed by atoms with Crippen molar-refractivity contribution in [1.82, 2.24) is 4.90 Å². The van der Waals surface area contributed by atoms with Crippen molar-refractivity contribution >= 4 is 5.69 Å². The van der Waals surface area contributed by atoms with Gasteiger partial charge in [-0.25, -0.2) is 0 Å². The number of likely N-dealkylation sites (N-methyl/N-ethyl adjacent to an activating group) is 1. The van der Waals surface area contributed by atoms with E-state index in [9.17, 15) is 0 Å². The summed E-state index contributed by atoms with van der Waals surface area (Å²) in [5.74, 6) is 0.757. The van der Waals surface area contributed by atoms with Crippen LogP contribution in [0.15, 0.2) is 18.2 Å². The van der Waals surface area contributed by atoms with Gasteiger partial charge in [-0.1, -0.05) is 19.4 Å². The average Bonchev–Trinajstić information content (AvgIpc) is 2.34. The van der Waals surface area contributed by atoms with Crippen LogP contribution >= 0.6 is 0 Å². The molecule has 0 heterocycles. The van der Waals surface area contributed by atoms with Crippen molar-refractivity contribution in [2.75, 3.05) is 33.0 Å². The molecule has 1 aromatic rings. The van der Waals surface area contributed by atoms with Crippen LogP contribution in [0.5, 0.6) is 5.75 Å². The van der Waals surface area contributed by atoms with Gasteiger partial charge in [0.05, 0.1) is 12.8 Å². The number of nitrogens with two attached hydrogens (primary N) is 1. The summed E-state index contributed by atoms with van der Waals surface area (Å²) in [5, 5.41) is 0.